The fourth-order valence-corrected chi connectivity index (χ4v) is 6.01. The number of aliphatic carboxylic acids is 1. The summed E-state index contributed by atoms with van der Waals surface area (Å²) in [5, 5.41) is 22.1. The van der Waals surface area contributed by atoms with Crippen molar-refractivity contribution in [1.82, 2.24) is 19.9 Å². The van der Waals surface area contributed by atoms with Gasteiger partial charge in [-0.15, -0.1) is 0 Å². The van der Waals surface area contributed by atoms with Gasteiger partial charge >= 0.3 is 5.97 Å². The summed E-state index contributed by atoms with van der Waals surface area (Å²) >= 11 is 1.67. The summed E-state index contributed by atoms with van der Waals surface area (Å²) < 4.78 is 5.37. The van der Waals surface area contributed by atoms with Crippen LogP contribution in [0.2, 0.25) is 0 Å². The first kappa shape index (κ1) is 27.3. The van der Waals surface area contributed by atoms with E-state index in [1.54, 1.807) is 37.5 Å². The predicted molar refractivity (Wildman–Crippen MR) is 145 cm³/mol. The first-order chi connectivity index (χ1) is 18.0. The molecule has 1 fully saturated rings. The molecule has 37 heavy (non-hydrogen) atoms. The van der Waals surface area contributed by atoms with Crippen molar-refractivity contribution in [3.8, 4) is 5.75 Å². The summed E-state index contributed by atoms with van der Waals surface area (Å²) in [7, 11) is 1.63. The number of ether oxygens (including phenoxy) is 1. The zero-order valence-electron chi connectivity index (χ0n) is 21.3. The van der Waals surface area contributed by atoms with Crippen LogP contribution in [-0.2, 0) is 4.79 Å². The van der Waals surface area contributed by atoms with E-state index in [0.29, 0.717) is 24.7 Å². The average Bonchev–Trinajstić information content (AvgIpc) is 2.93. The maximum absolute atomic E-state index is 11.3. The molecule has 8 nitrogen and oxygen atoms in total. The fourth-order valence-electron chi connectivity index (χ4n) is 5.28. The van der Waals surface area contributed by atoms with Crippen molar-refractivity contribution < 1.29 is 19.7 Å². The zero-order valence-corrected chi connectivity index (χ0v) is 22.1. The minimum atomic E-state index is -0.743. The number of aromatic nitrogens is 3. The molecule has 0 saturated carbocycles. The largest absolute Gasteiger partial charge is 0.497 e. The van der Waals surface area contributed by atoms with Crippen molar-refractivity contribution in [2.24, 2.45) is 11.8 Å². The lowest BCUT2D eigenvalue weighted by Crippen LogP contribution is -2.41. The molecule has 2 aromatic heterocycles. The van der Waals surface area contributed by atoms with Gasteiger partial charge in [-0.1, -0.05) is 11.8 Å². The molecule has 1 aliphatic heterocycles. The van der Waals surface area contributed by atoms with E-state index in [9.17, 15) is 15.0 Å². The number of piperidine rings is 1. The number of pyridine rings is 1. The van der Waals surface area contributed by atoms with Crippen LogP contribution in [-0.4, -0.2) is 68.5 Å². The molecule has 3 heterocycles. The normalized spacial score (nSPS) is 19.1. The van der Waals surface area contributed by atoms with Gasteiger partial charge < -0.3 is 19.8 Å². The van der Waals surface area contributed by atoms with E-state index in [4.69, 9.17) is 4.74 Å². The first-order valence-electron chi connectivity index (χ1n) is 13.0. The number of carboxylic acid groups (broad SMARTS) is 1. The molecule has 0 radical (unpaired) electrons. The second-order valence-electron chi connectivity index (χ2n) is 9.65. The molecule has 198 valence electrons. The number of aliphatic hydroxyl groups excluding tert-OH is 1. The van der Waals surface area contributed by atoms with Crippen LogP contribution in [0, 0.1) is 11.8 Å². The van der Waals surface area contributed by atoms with E-state index in [0.717, 1.165) is 72.0 Å². The third-order valence-corrected chi connectivity index (χ3v) is 8.21. The number of carbonyl (C=O) groups is 1. The monoisotopic (exact) mass is 524 g/mol. The zero-order chi connectivity index (χ0) is 26.0. The molecule has 3 aromatic rings. The van der Waals surface area contributed by atoms with Gasteiger partial charge in [0.25, 0.3) is 0 Å². The van der Waals surface area contributed by atoms with Gasteiger partial charge in [0.05, 0.1) is 18.7 Å². The van der Waals surface area contributed by atoms with Crippen LogP contribution in [0.4, 0.5) is 0 Å². The van der Waals surface area contributed by atoms with Crippen molar-refractivity contribution in [3.63, 3.8) is 0 Å². The van der Waals surface area contributed by atoms with Crippen molar-refractivity contribution in [1.29, 1.82) is 0 Å². The Balaban J connectivity index is 1.32. The molecule has 9 heteroatoms. The number of fused-ring (bicyclic) bond motifs is 1. The molecule has 0 spiro atoms. The Hall–Kier alpha value is -2.75. The highest BCUT2D eigenvalue weighted by Crippen LogP contribution is 2.35. The molecule has 0 bridgehead atoms. The van der Waals surface area contributed by atoms with Crippen molar-refractivity contribution >= 4 is 28.6 Å². The fraction of sp³-hybridized carbons (Fsp3) is 0.500. The summed E-state index contributed by atoms with van der Waals surface area (Å²) in [5.41, 5.74) is 1.70. The van der Waals surface area contributed by atoms with Gasteiger partial charge in [0.1, 0.15) is 5.75 Å². The SMILES string of the molecule is COc1ccc2nccc(C(O)CC[C@@H]3CCN(CCCSc4ncccn4)C[C@@H]3CCC(=O)O)c2c1. The number of aliphatic hydroxyl groups is 1. The minimum Gasteiger partial charge on any atom is -0.497 e. The molecule has 0 aliphatic carbocycles. The molecule has 1 saturated heterocycles. The van der Waals surface area contributed by atoms with Crippen LogP contribution in [0.5, 0.6) is 5.75 Å². The summed E-state index contributed by atoms with van der Waals surface area (Å²) in [6.07, 6.45) is 9.09. The lowest BCUT2D eigenvalue weighted by atomic mass is 9.79. The molecule has 1 aliphatic rings. The third-order valence-electron chi connectivity index (χ3n) is 7.25. The second-order valence-corrected chi connectivity index (χ2v) is 10.7. The van der Waals surface area contributed by atoms with Crippen molar-refractivity contribution in [2.45, 2.75) is 49.8 Å². The Bertz CT molecular complexity index is 1150. The number of methoxy groups -OCH3 is 1. The summed E-state index contributed by atoms with van der Waals surface area (Å²) in [5.74, 6) is 1.68. The Labute approximate surface area is 222 Å². The van der Waals surface area contributed by atoms with Gasteiger partial charge in [-0.3, -0.25) is 9.78 Å². The highest BCUT2D eigenvalue weighted by atomic mass is 32.2. The Morgan fingerprint density at radius 3 is 2.78 bits per heavy atom. The first-order valence-corrected chi connectivity index (χ1v) is 14.0. The molecular formula is C28H36N4O4S. The van der Waals surface area contributed by atoms with Crippen LogP contribution < -0.4 is 4.74 Å². The number of carboxylic acids is 1. The molecule has 1 aromatic carbocycles. The second kappa shape index (κ2) is 13.7. The molecular weight excluding hydrogens is 488 g/mol. The molecule has 3 atom stereocenters. The quantitative estimate of drug-likeness (QED) is 0.185. The van der Waals surface area contributed by atoms with Gasteiger partial charge in [0.15, 0.2) is 5.16 Å². The van der Waals surface area contributed by atoms with E-state index in [1.165, 1.54) is 0 Å². The minimum absolute atomic E-state index is 0.188. The van der Waals surface area contributed by atoms with E-state index in [-0.39, 0.29) is 6.42 Å². The highest BCUT2D eigenvalue weighted by molar-refractivity contribution is 7.99. The number of nitrogens with zero attached hydrogens (tertiary/aromatic N) is 4. The maximum Gasteiger partial charge on any atom is 0.303 e. The number of benzene rings is 1. The molecule has 4 rings (SSSR count). The van der Waals surface area contributed by atoms with Gasteiger partial charge in [-0.25, -0.2) is 9.97 Å². The van der Waals surface area contributed by atoms with E-state index >= 15 is 0 Å². The topological polar surface area (TPSA) is 109 Å². The van der Waals surface area contributed by atoms with Crippen molar-refractivity contribution in [3.05, 3.63) is 54.5 Å². The lowest BCUT2D eigenvalue weighted by molar-refractivity contribution is -0.137. The molecule has 1 unspecified atom stereocenters. The molecule has 2 N–H and O–H groups in total. The van der Waals surface area contributed by atoms with Gasteiger partial charge in [0.2, 0.25) is 0 Å². The number of thioether (sulfide) groups is 1. The summed E-state index contributed by atoms with van der Waals surface area (Å²) in [6.45, 7) is 2.91. The number of rotatable bonds is 13. The predicted octanol–water partition coefficient (Wildman–Crippen LogP) is 4.83. The summed E-state index contributed by atoms with van der Waals surface area (Å²) in [6, 6.07) is 9.42. The van der Waals surface area contributed by atoms with Gasteiger partial charge in [-0.2, -0.15) is 0 Å². The number of hydrogen-bond donors (Lipinski definition) is 2. The highest BCUT2D eigenvalue weighted by Gasteiger charge is 2.30. The van der Waals surface area contributed by atoms with E-state index in [1.807, 2.05) is 30.3 Å². The molecule has 0 amide bonds. The van der Waals surface area contributed by atoms with Crippen LogP contribution >= 0.6 is 11.8 Å². The Morgan fingerprint density at radius 2 is 2.00 bits per heavy atom. The van der Waals surface area contributed by atoms with E-state index < -0.39 is 12.1 Å². The van der Waals surface area contributed by atoms with Crippen molar-refractivity contribution in [2.75, 3.05) is 32.5 Å². The summed E-state index contributed by atoms with van der Waals surface area (Å²) in [4.78, 5) is 26.7. The number of likely N-dealkylation sites (tertiary alicyclic amines) is 1. The Kier molecular flexibility index (Phi) is 10.1. The standard InChI is InChI=1S/C28H36N4O4S/c1-36-22-6-7-25-24(18-22)23(10-14-29-25)26(33)8-4-20-11-16-32(19-21(20)5-9-27(34)35)15-3-17-37-28-30-12-2-13-31-28/h2,6-7,10,12-14,18,20-21,26,33H,3-5,8-9,11,15-17,19H2,1H3,(H,34,35)/t20-,21+,26?/m1/s1. The van der Waals surface area contributed by atoms with Gasteiger partial charge in [-0.05, 0) is 92.9 Å². The van der Waals surface area contributed by atoms with Crippen LogP contribution in [0.1, 0.15) is 50.2 Å². The maximum atomic E-state index is 11.3. The lowest BCUT2D eigenvalue weighted by Gasteiger charge is -2.39. The van der Waals surface area contributed by atoms with E-state index in [2.05, 4.69) is 19.9 Å². The number of hydrogen-bond acceptors (Lipinski definition) is 8. The smallest absolute Gasteiger partial charge is 0.303 e. The Morgan fingerprint density at radius 1 is 1.16 bits per heavy atom. The van der Waals surface area contributed by atoms with Crippen LogP contribution in [0.25, 0.3) is 10.9 Å². The average molecular weight is 525 g/mol. The van der Waals surface area contributed by atoms with Crippen LogP contribution in [0.3, 0.4) is 0 Å². The van der Waals surface area contributed by atoms with Gasteiger partial charge in [0, 0.05) is 42.7 Å². The van der Waals surface area contributed by atoms with Crippen LogP contribution in [0.15, 0.2) is 54.1 Å². The third kappa shape index (κ3) is 7.87.